The van der Waals surface area contributed by atoms with Crippen LogP contribution < -0.4 is 10.6 Å². The van der Waals surface area contributed by atoms with Gasteiger partial charge in [-0.3, -0.25) is 4.99 Å². The van der Waals surface area contributed by atoms with Gasteiger partial charge in [0.1, 0.15) is 5.82 Å². The van der Waals surface area contributed by atoms with Gasteiger partial charge < -0.3 is 20.1 Å². The molecule has 1 saturated heterocycles. The first-order chi connectivity index (χ1) is 12.6. The van der Waals surface area contributed by atoms with Crippen molar-refractivity contribution in [3.8, 4) is 0 Å². The molecule has 1 aliphatic carbocycles. The Bertz CT molecular complexity index is 579. The number of rotatable bonds is 7. The third-order valence-electron chi connectivity index (χ3n) is 5.61. The zero-order valence-corrected chi connectivity index (χ0v) is 19.5. The number of imidazole rings is 1. The van der Waals surface area contributed by atoms with Gasteiger partial charge in [-0.05, 0) is 31.1 Å². The Morgan fingerprint density at radius 3 is 2.78 bits per heavy atom. The van der Waals surface area contributed by atoms with Gasteiger partial charge in [-0.15, -0.1) is 24.0 Å². The maximum atomic E-state index is 4.49. The van der Waals surface area contributed by atoms with Crippen LogP contribution in [-0.2, 0) is 13.1 Å². The Hall–Kier alpha value is -0.830. The van der Waals surface area contributed by atoms with Crippen molar-refractivity contribution >= 4 is 29.9 Å². The zero-order chi connectivity index (χ0) is 18.4. The first-order valence-corrected chi connectivity index (χ1v) is 10.3. The molecule has 0 spiro atoms. The Kier molecular flexibility index (Phi) is 9.35. The van der Waals surface area contributed by atoms with Gasteiger partial charge in [0.2, 0.25) is 0 Å². The van der Waals surface area contributed by atoms with Gasteiger partial charge in [-0.1, -0.05) is 26.7 Å². The van der Waals surface area contributed by atoms with Crippen LogP contribution in [0.25, 0.3) is 0 Å². The van der Waals surface area contributed by atoms with Crippen molar-refractivity contribution in [2.24, 2.45) is 16.8 Å². The van der Waals surface area contributed by atoms with Gasteiger partial charge in [-0.2, -0.15) is 0 Å². The van der Waals surface area contributed by atoms with Gasteiger partial charge in [0.25, 0.3) is 0 Å². The molecule has 27 heavy (non-hydrogen) atoms. The lowest BCUT2D eigenvalue weighted by Gasteiger charge is -2.21. The normalized spacial score (nSPS) is 21.6. The minimum atomic E-state index is 0. The number of nitrogens with one attached hydrogen (secondary N) is 2. The Morgan fingerprint density at radius 1 is 1.30 bits per heavy atom. The van der Waals surface area contributed by atoms with E-state index >= 15 is 0 Å². The molecule has 1 aliphatic heterocycles. The molecule has 3 rings (SSSR count). The van der Waals surface area contributed by atoms with E-state index in [1.165, 1.54) is 45.2 Å². The van der Waals surface area contributed by atoms with E-state index in [1.54, 1.807) is 0 Å². The van der Waals surface area contributed by atoms with E-state index < -0.39 is 0 Å². The van der Waals surface area contributed by atoms with Gasteiger partial charge in [0.05, 0.1) is 6.54 Å². The smallest absolute Gasteiger partial charge is 0.191 e. The summed E-state index contributed by atoms with van der Waals surface area (Å²) in [5.74, 6) is 3.50. The minimum absolute atomic E-state index is 0. The Balaban J connectivity index is 0.00000261. The lowest BCUT2D eigenvalue weighted by atomic mass is 10.1. The fraction of sp³-hybridized carbons (Fsp3) is 0.800. The SMILES string of the molecule is CN=C(NCc1nccn1CC(C)C)NC1CCN(CC2CCCC2)C1.I. The molecular weight excluding hydrogens is 451 g/mol. The van der Waals surface area contributed by atoms with Gasteiger partial charge >= 0.3 is 0 Å². The largest absolute Gasteiger partial charge is 0.352 e. The Labute approximate surface area is 181 Å². The summed E-state index contributed by atoms with van der Waals surface area (Å²) in [5, 5.41) is 7.04. The van der Waals surface area contributed by atoms with E-state index in [4.69, 9.17) is 0 Å². The lowest BCUT2D eigenvalue weighted by molar-refractivity contribution is 0.275. The quantitative estimate of drug-likeness (QED) is 0.352. The highest BCUT2D eigenvalue weighted by Crippen LogP contribution is 2.26. The van der Waals surface area contributed by atoms with Crippen molar-refractivity contribution in [2.45, 2.75) is 65.1 Å². The van der Waals surface area contributed by atoms with Crippen molar-refractivity contribution < 1.29 is 0 Å². The summed E-state index contributed by atoms with van der Waals surface area (Å²) in [6.07, 6.45) is 10.9. The zero-order valence-electron chi connectivity index (χ0n) is 17.2. The van der Waals surface area contributed by atoms with E-state index in [9.17, 15) is 0 Å². The summed E-state index contributed by atoms with van der Waals surface area (Å²) < 4.78 is 2.23. The number of guanidine groups is 1. The van der Waals surface area contributed by atoms with Crippen LogP contribution >= 0.6 is 24.0 Å². The number of aliphatic imine (C=N–C) groups is 1. The molecule has 7 heteroatoms. The highest BCUT2D eigenvalue weighted by Gasteiger charge is 2.26. The van der Waals surface area contributed by atoms with Gasteiger partial charge in [0.15, 0.2) is 5.96 Å². The number of nitrogens with zero attached hydrogens (tertiary/aromatic N) is 4. The molecule has 1 atom stereocenters. The van der Waals surface area contributed by atoms with Crippen LogP contribution in [0.5, 0.6) is 0 Å². The van der Waals surface area contributed by atoms with E-state index in [-0.39, 0.29) is 24.0 Å². The second kappa shape index (κ2) is 11.2. The molecule has 1 aromatic rings. The summed E-state index contributed by atoms with van der Waals surface area (Å²) >= 11 is 0. The van der Waals surface area contributed by atoms with Crippen molar-refractivity contribution in [3.63, 3.8) is 0 Å². The molecule has 1 saturated carbocycles. The summed E-state index contributed by atoms with van der Waals surface area (Å²) in [6, 6.07) is 0.498. The first-order valence-electron chi connectivity index (χ1n) is 10.3. The lowest BCUT2D eigenvalue weighted by Crippen LogP contribution is -2.44. The number of likely N-dealkylation sites (tertiary alicyclic amines) is 1. The predicted octanol–water partition coefficient (Wildman–Crippen LogP) is 3.09. The summed E-state index contributed by atoms with van der Waals surface area (Å²) in [5.41, 5.74) is 0. The molecule has 1 aromatic heterocycles. The molecule has 2 heterocycles. The van der Waals surface area contributed by atoms with Crippen LogP contribution in [0.3, 0.4) is 0 Å². The van der Waals surface area contributed by atoms with E-state index in [0.29, 0.717) is 18.5 Å². The molecule has 2 N–H and O–H groups in total. The minimum Gasteiger partial charge on any atom is -0.352 e. The standard InChI is InChI=1S/C20H36N6.HI/c1-16(2)13-26-11-9-22-19(26)12-23-20(21-3)24-18-8-10-25(15-18)14-17-6-4-5-7-17;/h9,11,16-18H,4-8,10,12-15H2,1-3H3,(H2,21,23,24);1H. The second-order valence-corrected chi connectivity index (χ2v) is 8.36. The highest BCUT2D eigenvalue weighted by atomic mass is 127. The molecule has 0 aromatic carbocycles. The van der Waals surface area contributed by atoms with Gasteiger partial charge in [-0.25, -0.2) is 4.98 Å². The Morgan fingerprint density at radius 2 is 2.07 bits per heavy atom. The fourth-order valence-electron chi connectivity index (χ4n) is 4.29. The van der Waals surface area contributed by atoms with Crippen LogP contribution in [0.1, 0.15) is 51.8 Å². The van der Waals surface area contributed by atoms with E-state index in [2.05, 4.69) is 50.1 Å². The number of hydrogen-bond donors (Lipinski definition) is 2. The number of hydrogen-bond acceptors (Lipinski definition) is 3. The molecule has 6 nitrogen and oxygen atoms in total. The molecule has 0 amide bonds. The average Bonchev–Trinajstić information content (AvgIpc) is 3.35. The maximum absolute atomic E-state index is 4.49. The highest BCUT2D eigenvalue weighted by molar-refractivity contribution is 14.0. The van der Waals surface area contributed by atoms with Gasteiger partial charge in [0, 0.05) is 51.7 Å². The topological polar surface area (TPSA) is 57.5 Å². The summed E-state index contributed by atoms with van der Waals surface area (Å²) in [7, 11) is 1.85. The summed E-state index contributed by atoms with van der Waals surface area (Å²) in [4.78, 5) is 11.5. The third-order valence-corrected chi connectivity index (χ3v) is 5.61. The first kappa shape index (κ1) is 22.5. The fourth-order valence-corrected chi connectivity index (χ4v) is 4.29. The van der Waals surface area contributed by atoms with Crippen LogP contribution in [0.4, 0.5) is 0 Å². The van der Waals surface area contributed by atoms with Crippen molar-refractivity contribution in [3.05, 3.63) is 18.2 Å². The molecule has 1 unspecified atom stereocenters. The molecule has 154 valence electrons. The van der Waals surface area contributed by atoms with E-state index in [1.807, 2.05) is 13.2 Å². The van der Waals surface area contributed by atoms with Crippen molar-refractivity contribution in [1.29, 1.82) is 0 Å². The predicted molar refractivity (Wildman–Crippen MR) is 123 cm³/mol. The number of aromatic nitrogens is 2. The molecule has 0 radical (unpaired) electrons. The van der Waals surface area contributed by atoms with Crippen LogP contribution in [-0.4, -0.2) is 53.1 Å². The monoisotopic (exact) mass is 488 g/mol. The number of halogens is 1. The molecule has 2 fully saturated rings. The third kappa shape index (κ3) is 6.93. The van der Waals surface area contributed by atoms with Crippen LogP contribution in [0.15, 0.2) is 17.4 Å². The van der Waals surface area contributed by atoms with E-state index in [0.717, 1.165) is 30.8 Å². The van der Waals surface area contributed by atoms with Crippen LogP contribution in [0, 0.1) is 11.8 Å². The average molecular weight is 488 g/mol. The summed E-state index contributed by atoms with van der Waals surface area (Å²) in [6.45, 7) is 9.81. The maximum Gasteiger partial charge on any atom is 0.191 e. The van der Waals surface area contributed by atoms with Crippen LogP contribution in [0.2, 0.25) is 0 Å². The molecular formula is C20H37IN6. The second-order valence-electron chi connectivity index (χ2n) is 8.36. The molecule has 2 aliphatic rings. The van der Waals surface area contributed by atoms with Crippen molar-refractivity contribution in [2.75, 3.05) is 26.7 Å². The van der Waals surface area contributed by atoms with Crippen molar-refractivity contribution in [1.82, 2.24) is 25.1 Å². The molecule has 0 bridgehead atoms.